The third-order valence-corrected chi connectivity index (χ3v) is 6.70. The molecule has 8 nitrogen and oxygen atoms in total. The highest BCUT2D eigenvalue weighted by atomic mass is 19.1. The molecule has 1 saturated heterocycles. The molecule has 0 saturated carbocycles. The number of nitrogens with zero attached hydrogens (tertiary/aromatic N) is 6. The van der Waals surface area contributed by atoms with Crippen molar-refractivity contribution in [2.45, 2.75) is 6.42 Å². The number of rotatable bonds is 4. The predicted octanol–water partition coefficient (Wildman–Crippen LogP) is 3.81. The molecule has 0 spiro atoms. The first-order valence-corrected chi connectivity index (χ1v) is 12.2. The van der Waals surface area contributed by atoms with E-state index in [2.05, 4.69) is 15.3 Å². The van der Waals surface area contributed by atoms with Gasteiger partial charge in [-0.15, -0.1) is 0 Å². The summed E-state index contributed by atoms with van der Waals surface area (Å²) in [6.07, 6.45) is 2.70. The average molecular weight is 498 g/mol. The molecule has 5 rings (SSSR count). The maximum absolute atomic E-state index is 14.8. The summed E-state index contributed by atoms with van der Waals surface area (Å²) >= 11 is 0. The molecule has 0 bridgehead atoms. The number of anilines is 1. The molecule has 4 aromatic rings. The van der Waals surface area contributed by atoms with Crippen LogP contribution in [0.1, 0.15) is 22.3 Å². The second-order valence-corrected chi connectivity index (χ2v) is 9.39. The molecule has 1 amide bonds. The number of carbonyl (C=O) groups is 1. The molecule has 0 radical (unpaired) electrons. The Morgan fingerprint density at radius 2 is 1.92 bits per heavy atom. The third-order valence-electron chi connectivity index (χ3n) is 6.70. The summed E-state index contributed by atoms with van der Waals surface area (Å²) in [5.74, 6) is -0.182. The van der Waals surface area contributed by atoms with E-state index in [9.17, 15) is 14.4 Å². The molecule has 0 aliphatic carbocycles. The van der Waals surface area contributed by atoms with Crippen LogP contribution in [-0.4, -0.2) is 65.8 Å². The minimum atomic E-state index is -0.607. The van der Waals surface area contributed by atoms with Gasteiger partial charge in [-0.3, -0.25) is 9.48 Å². The number of hydrogen-bond acceptors (Lipinski definition) is 6. The first-order valence-electron chi connectivity index (χ1n) is 12.2. The summed E-state index contributed by atoms with van der Waals surface area (Å²) in [6, 6.07) is 14.2. The Labute approximate surface area is 214 Å². The molecule has 3 heterocycles. The summed E-state index contributed by atoms with van der Waals surface area (Å²) in [6.45, 7) is 3.11. The highest BCUT2D eigenvalue weighted by Gasteiger charge is 2.25. The second-order valence-electron chi connectivity index (χ2n) is 9.39. The van der Waals surface area contributed by atoms with Gasteiger partial charge < -0.3 is 15.1 Å². The number of aryl methyl sites for hydroxylation is 1. The lowest BCUT2D eigenvalue weighted by atomic mass is 9.95. The van der Waals surface area contributed by atoms with E-state index in [0.29, 0.717) is 34.7 Å². The lowest BCUT2D eigenvalue weighted by Crippen LogP contribution is -2.32. The number of nitrogens with one attached hydrogen (secondary N) is 1. The first-order chi connectivity index (χ1) is 17.9. The number of nitriles is 1. The van der Waals surface area contributed by atoms with Crippen molar-refractivity contribution in [3.63, 3.8) is 0 Å². The minimum Gasteiger partial charge on any atom is -0.355 e. The van der Waals surface area contributed by atoms with E-state index < -0.39 is 5.82 Å². The molecule has 1 aliphatic heterocycles. The predicted molar refractivity (Wildman–Crippen MR) is 142 cm³/mol. The number of pyridine rings is 1. The first kappa shape index (κ1) is 24.4. The van der Waals surface area contributed by atoms with Gasteiger partial charge in [0, 0.05) is 57.3 Å². The lowest BCUT2D eigenvalue weighted by Gasteiger charge is -2.26. The SMILES string of the molecule is CN(C)C(=O)c1cc(-c2ccc3c(cnn3C)c2)c(-c2ccc(C#N)c(F)c2)nc1N1CCCNCC1. The smallest absolute Gasteiger partial charge is 0.257 e. The van der Waals surface area contributed by atoms with Gasteiger partial charge in [-0.2, -0.15) is 10.4 Å². The Kier molecular flexibility index (Phi) is 6.59. The van der Waals surface area contributed by atoms with Crippen molar-refractivity contribution in [1.29, 1.82) is 5.26 Å². The fraction of sp³-hybridized carbons (Fsp3) is 0.286. The van der Waals surface area contributed by atoms with E-state index >= 15 is 0 Å². The average Bonchev–Trinajstić information content (AvgIpc) is 3.09. The Morgan fingerprint density at radius 1 is 1.11 bits per heavy atom. The molecule has 1 N–H and O–H groups in total. The number of aromatic nitrogens is 3. The molecule has 188 valence electrons. The summed E-state index contributed by atoms with van der Waals surface area (Å²) in [5.41, 5.74) is 4.07. The Morgan fingerprint density at radius 3 is 2.68 bits per heavy atom. The van der Waals surface area contributed by atoms with Crippen molar-refractivity contribution in [2.75, 3.05) is 45.2 Å². The van der Waals surface area contributed by atoms with Gasteiger partial charge in [-0.05, 0) is 48.9 Å². The van der Waals surface area contributed by atoms with Gasteiger partial charge in [0.05, 0.1) is 28.5 Å². The van der Waals surface area contributed by atoms with Crippen LogP contribution in [-0.2, 0) is 7.05 Å². The minimum absolute atomic E-state index is 0.0275. The number of amides is 1. The zero-order chi connectivity index (χ0) is 26.1. The van der Waals surface area contributed by atoms with E-state index in [4.69, 9.17) is 4.98 Å². The largest absolute Gasteiger partial charge is 0.355 e. The normalized spacial score (nSPS) is 13.9. The van der Waals surface area contributed by atoms with Crippen molar-refractivity contribution in [2.24, 2.45) is 7.05 Å². The van der Waals surface area contributed by atoms with Crippen LogP contribution < -0.4 is 10.2 Å². The molecule has 0 atom stereocenters. The van der Waals surface area contributed by atoms with Crippen molar-refractivity contribution in [3.8, 4) is 28.5 Å². The molecule has 37 heavy (non-hydrogen) atoms. The van der Waals surface area contributed by atoms with Crippen LogP contribution in [0.4, 0.5) is 10.2 Å². The van der Waals surface area contributed by atoms with Crippen molar-refractivity contribution >= 4 is 22.6 Å². The molecule has 2 aromatic carbocycles. The third kappa shape index (κ3) is 4.63. The highest BCUT2D eigenvalue weighted by molar-refractivity contribution is 6.02. The van der Waals surface area contributed by atoms with Crippen molar-refractivity contribution in [3.05, 3.63) is 65.6 Å². The lowest BCUT2D eigenvalue weighted by molar-refractivity contribution is 0.0828. The molecule has 9 heteroatoms. The summed E-state index contributed by atoms with van der Waals surface area (Å²) in [4.78, 5) is 22.1. The Bertz CT molecular complexity index is 1530. The van der Waals surface area contributed by atoms with Crippen LogP contribution in [0.25, 0.3) is 33.3 Å². The Balaban J connectivity index is 1.78. The number of hydrogen-bond donors (Lipinski definition) is 1. The molecule has 2 aromatic heterocycles. The Hall–Kier alpha value is -4.29. The van der Waals surface area contributed by atoms with E-state index in [1.807, 2.05) is 37.4 Å². The van der Waals surface area contributed by atoms with E-state index in [1.54, 1.807) is 35.9 Å². The molecule has 1 aliphatic rings. The van der Waals surface area contributed by atoms with Gasteiger partial charge in [0.15, 0.2) is 0 Å². The van der Waals surface area contributed by atoms with Crippen LogP contribution in [0.5, 0.6) is 0 Å². The zero-order valence-corrected chi connectivity index (χ0v) is 21.1. The highest BCUT2D eigenvalue weighted by Crippen LogP contribution is 2.37. The molecular weight excluding hydrogens is 469 g/mol. The zero-order valence-electron chi connectivity index (χ0n) is 21.1. The van der Waals surface area contributed by atoms with Crippen LogP contribution in [0, 0.1) is 17.1 Å². The number of halogens is 1. The van der Waals surface area contributed by atoms with Crippen LogP contribution in [0.3, 0.4) is 0 Å². The summed E-state index contributed by atoms with van der Waals surface area (Å²) < 4.78 is 16.6. The standard InChI is InChI=1S/C28H28FN7O/c1-34(2)28(37)23-15-22(18-7-8-25-21(13-18)17-32-35(25)3)26(19-5-6-20(16-30)24(29)14-19)33-27(23)36-11-4-9-31-10-12-36/h5-8,13-15,17,31H,4,9-12H2,1-3H3. The van der Waals surface area contributed by atoms with Crippen LogP contribution in [0.2, 0.25) is 0 Å². The van der Waals surface area contributed by atoms with Gasteiger partial charge in [-0.25, -0.2) is 9.37 Å². The molecule has 1 fully saturated rings. The van der Waals surface area contributed by atoms with Gasteiger partial charge in [0.25, 0.3) is 5.91 Å². The number of benzene rings is 2. The van der Waals surface area contributed by atoms with E-state index in [1.165, 1.54) is 12.1 Å². The van der Waals surface area contributed by atoms with Crippen molar-refractivity contribution in [1.82, 2.24) is 25.0 Å². The van der Waals surface area contributed by atoms with E-state index in [-0.39, 0.29) is 11.5 Å². The monoisotopic (exact) mass is 497 g/mol. The van der Waals surface area contributed by atoms with Gasteiger partial charge in [-0.1, -0.05) is 12.1 Å². The maximum Gasteiger partial charge on any atom is 0.257 e. The topological polar surface area (TPSA) is 90.1 Å². The van der Waals surface area contributed by atoms with Gasteiger partial charge in [0.2, 0.25) is 0 Å². The number of carbonyl (C=O) groups excluding carboxylic acids is 1. The molecule has 0 unspecified atom stereocenters. The van der Waals surface area contributed by atoms with Crippen molar-refractivity contribution < 1.29 is 9.18 Å². The summed E-state index contributed by atoms with van der Waals surface area (Å²) in [5, 5.41) is 17.9. The second kappa shape index (κ2) is 9.99. The fourth-order valence-corrected chi connectivity index (χ4v) is 4.72. The van der Waals surface area contributed by atoms with Crippen LogP contribution in [0.15, 0.2) is 48.7 Å². The van der Waals surface area contributed by atoms with E-state index in [0.717, 1.165) is 42.5 Å². The number of fused-ring (bicyclic) bond motifs is 1. The quantitative estimate of drug-likeness (QED) is 0.461. The van der Waals surface area contributed by atoms with Crippen LogP contribution >= 0.6 is 0 Å². The fourth-order valence-electron chi connectivity index (χ4n) is 4.72. The van der Waals surface area contributed by atoms with Gasteiger partial charge >= 0.3 is 0 Å². The molecular formula is C28H28FN7O. The maximum atomic E-state index is 14.8. The van der Waals surface area contributed by atoms with Gasteiger partial charge in [0.1, 0.15) is 17.7 Å². The summed E-state index contributed by atoms with van der Waals surface area (Å²) in [7, 11) is 5.33.